The van der Waals surface area contributed by atoms with Gasteiger partial charge in [-0.05, 0) is 31.3 Å². The molecule has 0 radical (unpaired) electrons. The summed E-state index contributed by atoms with van der Waals surface area (Å²) < 4.78 is 25.9. The third-order valence-corrected chi connectivity index (χ3v) is 3.91. The molecule has 98 valence electrons. The number of hydrogen-bond donors (Lipinski definition) is 1. The zero-order valence-corrected chi connectivity index (χ0v) is 11.1. The van der Waals surface area contributed by atoms with Crippen LogP contribution in [0.5, 0.6) is 0 Å². The maximum atomic E-state index is 11.8. The van der Waals surface area contributed by atoms with Gasteiger partial charge >= 0.3 is 0 Å². The van der Waals surface area contributed by atoms with Gasteiger partial charge in [-0.3, -0.25) is 0 Å². The van der Waals surface area contributed by atoms with Crippen LogP contribution in [-0.4, -0.2) is 15.5 Å². The van der Waals surface area contributed by atoms with Gasteiger partial charge in [-0.2, -0.15) is 5.11 Å². The Bertz CT molecular complexity index is 682. The summed E-state index contributed by atoms with van der Waals surface area (Å²) in [5, 5.41) is 8.01. The Balaban J connectivity index is 2.39. The zero-order chi connectivity index (χ0) is 13.7. The predicted molar refractivity (Wildman–Crippen MR) is 73.3 cm³/mol. The van der Waals surface area contributed by atoms with Crippen molar-refractivity contribution in [1.82, 2.24) is 4.72 Å². The zero-order valence-electron chi connectivity index (χ0n) is 10.3. The number of hydrogen-bond acceptors (Lipinski definition) is 4. The molecule has 0 aliphatic rings. The first-order valence-electron chi connectivity index (χ1n) is 5.63. The highest BCUT2D eigenvalue weighted by molar-refractivity contribution is 7.89. The molecule has 2 aromatic carbocycles. The maximum absolute atomic E-state index is 11.8. The Morgan fingerprint density at radius 2 is 1.53 bits per heavy atom. The van der Waals surface area contributed by atoms with Gasteiger partial charge in [-0.25, -0.2) is 13.1 Å². The van der Waals surface area contributed by atoms with Crippen LogP contribution in [0.1, 0.15) is 0 Å². The summed E-state index contributed by atoms with van der Waals surface area (Å²) >= 11 is 0. The van der Waals surface area contributed by atoms with Crippen molar-refractivity contribution in [1.29, 1.82) is 0 Å². The monoisotopic (exact) mass is 275 g/mol. The summed E-state index contributed by atoms with van der Waals surface area (Å²) in [5.74, 6) is 0. The van der Waals surface area contributed by atoms with Crippen molar-refractivity contribution >= 4 is 21.4 Å². The second kappa shape index (κ2) is 5.73. The number of rotatable bonds is 4. The van der Waals surface area contributed by atoms with Crippen LogP contribution in [0.3, 0.4) is 0 Å². The molecule has 0 unspecified atom stereocenters. The molecular formula is C13H13N3O2S. The van der Waals surface area contributed by atoms with Gasteiger partial charge in [0.2, 0.25) is 10.0 Å². The van der Waals surface area contributed by atoms with Gasteiger partial charge < -0.3 is 0 Å². The minimum atomic E-state index is -3.54. The second-order valence-electron chi connectivity index (χ2n) is 3.71. The molecule has 0 fully saturated rings. The van der Waals surface area contributed by atoms with Crippen LogP contribution in [0.15, 0.2) is 69.7 Å². The fourth-order valence-corrected chi connectivity index (χ4v) is 2.35. The van der Waals surface area contributed by atoms with E-state index in [1.165, 1.54) is 13.1 Å². The van der Waals surface area contributed by atoms with Crippen molar-refractivity contribution in [3.63, 3.8) is 0 Å². The van der Waals surface area contributed by atoms with Gasteiger partial charge in [0.05, 0.1) is 5.69 Å². The highest BCUT2D eigenvalue weighted by atomic mass is 32.2. The molecule has 1 N–H and O–H groups in total. The minimum Gasteiger partial charge on any atom is -0.214 e. The lowest BCUT2D eigenvalue weighted by atomic mass is 10.3. The van der Waals surface area contributed by atoms with Crippen LogP contribution in [-0.2, 0) is 10.0 Å². The van der Waals surface area contributed by atoms with E-state index in [4.69, 9.17) is 0 Å². The Kier molecular flexibility index (Phi) is 4.03. The van der Waals surface area contributed by atoms with Crippen molar-refractivity contribution in [2.75, 3.05) is 7.05 Å². The molecular weight excluding hydrogens is 262 g/mol. The van der Waals surface area contributed by atoms with Crippen LogP contribution in [0.4, 0.5) is 11.4 Å². The first-order valence-corrected chi connectivity index (χ1v) is 7.11. The molecule has 0 spiro atoms. The minimum absolute atomic E-state index is 0.109. The topological polar surface area (TPSA) is 70.9 Å². The smallest absolute Gasteiger partial charge is 0.214 e. The Hall–Kier alpha value is -2.05. The van der Waals surface area contributed by atoms with E-state index in [0.29, 0.717) is 11.4 Å². The fraction of sp³-hybridized carbons (Fsp3) is 0.0769. The quantitative estimate of drug-likeness (QED) is 0.871. The number of nitrogens with zero attached hydrogens (tertiary/aromatic N) is 2. The van der Waals surface area contributed by atoms with Crippen LogP contribution >= 0.6 is 0 Å². The number of nitrogens with one attached hydrogen (secondary N) is 1. The van der Waals surface area contributed by atoms with E-state index >= 15 is 0 Å². The predicted octanol–water partition coefficient (Wildman–Crippen LogP) is 3.01. The van der Waals surface area contributed by atoms with Crippen molar-refractivity contribution in [3.8, 4) is 0 Å². The van der Waals surface area contributed by atoms with E-state index in [-0.39, 0.29) is 4.90 Å². The van der Waals surface area contributed by atoms with Gasteiger partial charge in [0.25, 0.3) is 0 Å². The standard InChI is InChI=1S/C13H13N3O2S/c1-14-19(17,18)13-10-6-5-9-12(13)16-15-11-7-3-2-4-8-11/h2-10,14H,1H3. The van der Waals surface area contributed by atoms with Crippen molar-refractivity contribution < 1.29 is 8.42 Å². The lowest BCUT2D eigenvalue weighted by Gasteiger charge is -2.04. The summed E-state index contributed by atoms with van der Waals surface area (Å²) in [6, 6.07) is 15.6. The largest absolute Gasteiger partial charge is 0.242 e. The molecule has 0 saturated carbocycles. The van der Waals surface area contributed by atoms with E-state index in [2.05, 4.69) is 15.0 Å². The molecule has 19 heavy (non-hydrogen) atoms. The van der Waals surface area contributed by atoms with Gasteiger partial charge in [-0.15, -0.1) is 5.11 Å². The normalized spacial score (nSPS) is 11.8. The number of azo groups is 1. The van der Waals surface area contributed by atoms with Crippen LogP contribution in [0.25, 0.3) is 0 Å². The third kappa shape index (κ3) is 3.24. The first kappa shape index (κ1) is 13.4. The number of sulfonamides is 1. The van der Waals surface area contributed by atoms with E-state index < -0.39 is 10.0 Å². The molecule has 2 aromatic rings. The van der Waals surface area contributed by atoms with Gasteiger partial charge in [0.15, 0.2) is 0 Å². The summed E-state index contributed by atoms with van der Waals surface area (Å²) in [6.07, 6.45) is 0. The molecule has 0 amide bonds. The summed E-state index contributed by atoms with van der Waals surface area (Å²) in [4.78, 5) is 0.109. The SMILES string of the molecule is CNS(=O)(=O)c1ccccc1N=Nc1ccccc1. The molecule has 5 nitrogen and oxygen atoms in total. The van der Waals surface area contributed by atoms with Crippen molar-refractivity contribution in [3.05, 3.63) is 54.6 Å². The average Bonchev–Trinajstić information content (AvgIpc) is 2.46. The Morgan fingerprint density at radius 3 is 2.21 bits per heavy atom. The van der Waals surface area contributed by atoms with E-state index in [1.54, 1.807) is 30.3 Å². The number of benzene rings is 2. The summed E-state index contributed by atoms with van der Waals surface area (Å²) in [5.41, 5.74) is 0.972. The van der Waals surface area contributed by atoms with E-state index in [9.17, 15) is 8.42 Å². The molecule has 0 atom stereocenters. The fourth-order valence-electron chi connectivity index (χ4n) is 1.48. The lowest BCUT2D eigenvalue weighted by Crippen LogP contribution is -2.18. The van der Waals surface area contributed by atoms with Crippen LogP contribution in [0, 0.1) is 0 Å². The maximum Gasteiger partial charge on any atom is 0.242 e. The third-order valence-electron chi connectivity index (χ3n) is 2.45. The first-order chi connectivity index (χ1) is 9.13. The second-order valence-corrected chi connectivity index (χ2v) is 5.57. The lowest BCUT2D eigenvalue weighted by molar-refractivity contribution is 0.588. The molecule has 0 bridgehead atoms. The average molecular weight is 275 g/mol. The van der Waals surface area contributed by atoms with Crippen LogP contribution in [0.2, 0.25) is 0 Å². The van der Waals surface area contributed by atoms with Crippen molar-refractivity contribution in [2.45, 2.75) is 4.90 Å². The van der Waals surface area contributed by atoms with Crippen LogP contribution < -0.4 is 4.72 Å². The summed E-state index contributed by atoms with van der Waals surface area (Å²) in [6.45, 7) is 0. The highest BCUT2D eigenvalue weighted by Crippen LogP contribution is 2.25. The molecule has 6 heteroatoms. The molecule has 0 aromatic heterocycles. The molecule has 2 rings (SSSR count). The molecule has 0 aliphatic heterocycles. The Labute approximate surface area is 112 Å². The van der Waals surface area contributed by atoms with Gasteiger partial charge in [0.1, 0.15) is 10.6 Å². The molecule has 0 saturated heterocycles. The van der Waals surface area contributed by atoms with E-state index in [1.807, 2.05) is 18.2 Å². The van der Waals surface area contributed by atoms with Crippen molar-refractivity contribution in [2.24, 2.45) is 10.2 Å². The van der Waals surface area contributed by atoms with E-state index in [0.717, 1.165) is 0 Å². The van der Waals surface area contributed by atoms with Gasteiger partial charge in [-0.1, -0.05) is 30.3 Å². The molecule has 0 heterocycles. The van der Waals surface area contributed by atoms with Gasteiger partial charge in [0, 0.05) is 0 Å². The Morgan fingerprint density at radius 1 is 0.895 bits per heavy atom. The summed E-state index contributed by atoms with van der Waals surface area (Å²) in [7, 11) is -2.18. The highest BCUT2D eigenvalue weighted by Gasteiger charge is 2.15. The molecule has 0 aliphatic carbocycles.